The van der Waals surface area contributed by atoms with Gasteiger partial charge in [-0.3, -0.25) is 0 Å². The lowest BCUT2D eigenvalue weighted by atomic mass is 10.2. The average Bonchev–Trinajstić information content (AvgIpc) is 3.23. The Morgan fingerprint density at radius 1 is 1.19 bits per heavy atom. The third-order valence-corrected chi connectivity index (χ3v) is 4.38. The summed E-state index contributed by atoms with van der Waals surface area (Å²) in [5, 5.41) is 7.10. The molecule has 2 N–H and O–H groups in total. The summed E-state index contributed by atoms with van der Waals surface area (Å²) in [6.45, 7) is 7.53. The van der Waals surface area contributed by atoms with Crippen LogP contribution in [0, 0.1) is 6.92 Å². The predicted molar refractivity (Wildman–Crippen MR) is 87.0 cm³/mol. The molecule has 116 valence electrons. The van der Waals surface area contributed by atoms with Crippen LogP contribution in [0.25, 0.3) is 0 Å². The van der Waals surface area contributed by atoms with E-state index in [1.54, 1.807) is 0 Å². The molecule has 1 saturated carbocycles. The van der Waals surface area contributed by atoms with Crippen LogP contribution in [0.1, 0.15) is 49.9 Å². The second-order valence-electron chi connectivity index (χ2n) is 6.50. The zero-order valence-corrected chi connectivity index (χ0v) is 13.4. The van der Waals surface area contributed by atoms with Crippen LogP contribution in [0.4, 0.5) is 11.6 Å². The van der Waals surface area contributed by atoms with E-state index in [0.29, 0.717) is 12.0 Å². The number of nitrogens with one attached hydrogen (secondary N) is 2. The lowest BCUT2D eigenvalue weighted by Crippen LogP contribution is -2.25. The molecule has 1 saturated heterocycles. The molecule has 1 aromatic heterocycles. The fourth-order valence-electron chi connectivity index (χ4n) is 2.86. The molecular weight excluding hydrogens is 262 g/mol. The average molecular weight is 289 g/mol. The highest BCUT2D eigenvalue weighted by Gasteiger charge is 2.29. The summed E-state index contributed by atoms with van der Waals surface area (Å²) >= 11 is 0. The van der Waals surface area contributed by atoms with Gasteiger partial charge in [0, 0.05) is 30.6 Å². The van der Waals surface area contributed by atoms with E-state index in [4.69, 9.17) is 9.97 Å². The van der Waals surface area contributed by atoms with Crippen LogP contribution in [0.2, 0.25) is 0 Å². The van der Waals surface area contributed by atoms with Gasteiger partial charge in [-0.25, -0.2) is 9.97 Å². The first-order valence-electron chi connectivity index (χ1n) is 8.25. The minimum atomic E-state index is 0.509. The number of hydrogen-bond donors (Lipinski definition) is 2. The van der Waals surface area contributed by atoms with Crippen molar-refractivity contribution in [3.63, 3.8) is 0 Å². The molecule has 0 bridgehead atoms. The van der Waals surface area contributed by atoms with Gasteiger partial charge >= 0.3 is 0 Å². The van der Waals surface area contributed by atoms with Crippen LogP contribution in [0.15, 0.2) is 0 Å². The Hall–Kier alpha value is -1.36. The van der Waals surface area contributed by atoms with E-state index in [1.165, 1.54) is 19.3 Å². The van der Waals surface area contributed by atoms with Gasteiger partial charge in [0.05, 0.1) is 0 Å². The molecule has 3 rings (SSSR count). The molecule has 1 atom stereocenters. The van der Waals surface area contributed by atoms with Crippen LogP contribution in [-0.2, 0) is 0 Å². The van der Waals surface area contributed by atoms with Crippen LogP contribution in [0.3, 0.4) is 0 Å². The normalized spacial score (nSPS) is 22.5. The van der Waals surface area contributed by atoms with E-state index in [2.05, 4.69) is 36.4 Å². The third kappa shape index (κ3) is 3.46. The van der Waals surface area contributed by atoms with Crippen molar-refractivity contribution in [3.8, 4) is 0 Å². The van der Waals surface area contributed by atoms with Gasteiger partial charge in [-0.2, -0.15) is 0 Å². The van der Waals surface area contributed by atoms with Crippen molar-refractivity contribution in [1.29, 1.82) is 0 Å². The summed E-state index contributed by atoms with van der Waals surface area (Å²) in [5.74, 6) is 3.65. The number of anilines is 2. The van der Waals surface area contributed by atoms with Gasteiger partial charge in [0.15, 0.2) is 0 Å². The number of rotatable bonds is 6. The molecule has 1 aliphatic heterocycles. The Morgan fingerprint density at radius 2 is 1.95 bits per heavy atom. The van der Waals surface area contributed by atoms with E-state index in [1.807, 2.05) is 0 Å². The minimum absolute atomic E-state index is 0.509. The maximum atomic E-state index is 4.81. The fourth-order valence-corrected chi connectivity index (χ4v) is 2.86. The Bertz CT molecular complexity index is 498. The largest absolute Gasteiger partial charge is 0.370 e. The molecule has 0 radical (unpaired) electrons. The van der Waals surface area contributed by atoms with Crippen LogP contribution < -0.4 is 10.6 Å². The van der Waals surface area contributed by atoms with Crippen LogP contribution in [0.5, 0.6) is 0 Å². The first kappa shape index (κ1) is 14.6. The van der Waals surface area contributed by atoms with Crippen molar-refractivity contribution in [2.24, 2.45) is 0 Å². The molecule has 2 aliphatic rings. The van der Waals surface area contributed by atoms with Crippen molar-refractivity contribution in [2.45, 2.75) is 51.5 Å². The molecule has 0 aromatic carbocycles. The highest BCUT2D eigenvalue weighted by atomic mass is 15.2. The van der Waals surface area contributed by atoms with Gasteiger partial charge < -0.3 is 15.5 Å². The Balaban J connectivity index is 1.81. The number of aromatic nitrogens is 2. The molecular formula is C16H27N5. The second-order valence-corrected chi connectivity index (χ2v) is 6.50. The molecule has 5 nitrogen and oxygen atoms in total. The fraction of sp³-hybridized carbons (Fsp3) is 0.750. The van der Waals surface area contributed by atoms with Crippen molar-refractivity contribution in [3.05, 3.63) is 11.4 Å². The molecule has 0 amide bonds. The predicted octanol–water partition coefficient (Wildman–Crippen LogP) is 2.60. The first-order valence-corrected chi connectivity index (χ1v) is 8.25. The topological polar surface area (TPSA) is 53.1 Å². The summed E-state index contributed by atoms with van der Waals surface area (Å²) in [6.07, 6.45) is 4.78. The monoisotopic (exact) mass is 289 g/mol. The maximum Gasteiger partial charge on any atom is 0.136 e. The van der Waals surface area contributed by atoms with E-state index in [9.17, 15) is 0 Å². The zero-order valence-electron chi connectivity index (χ0n) is 13.4. The number of hydrogen-bond acceptors (Lipinski definition) is 5. The second kappa shape index (κ2) is 6.18. The van der Waals surface area contributed by atoms with Crippen molar-refractivity contribution < 1.29 is 0 Å². The third-order valence-electron chi connectivity index (χ3n) is 4.38. The van der Waals surface area contributed by atoms with Gasteiger partial charge in [-0.05, 0) is 46.2 Å². The number of likely N-dealkylation sites (N-methyl/N-ethyl adjacent to an activating group) is 1. The lowest BCUT2D eigenvalue weighted by Gasteiger charge is -2.18. The van der Waals surface area contributed by atoms with Crippen LogP contribution in [-0.4, -0.2) is 47.6 Å². The van der Waals surface area contributed by atoms with Crippen molar-refractivity contribution in [2.75, 3.05) is 37.3 Å². The van der Waals surface area contributed by atoms with Gasteiger partial charge in [-0.15, -0.1) is 0 Å². The lowest BCUT2D eigenvalue weighted by molar-refractivity contribution is 0.414. The summed E-state index contributed by atoms with van der Waals surface area (Å²) in [4.78, 5) is 11.9. The standard InChI is InChI=1S/C16H27N5/c1-4-8-17-14-11(2)15(18-13-7-9-21(3)10-13)20-16(19-14)12-5-6-12/h12-13H,4-10H2,1-3H3,(H2,17,18,19,20). The van der Waals surface area contributed by atoms with Crippen LogP contribution >= 0.6 is 0 Å². The number of likely N-dealkylation sites (tertiary alicyclic amines) is 1. The Labute approximate surface area is 127 Å². The van der Waals surface area contributed by atoms with Gasteiger partial charge in [0.1, 0.15) is 17.5 Å². The summed E-state index contributed by atoms with van der Waals surface area (Å²) in [6, 6.07) is 0.509. The van der Waals surface area contributed by atoms with E-state index in [0.717, 1.165) is 49.1 Å². The molecule has 21 heavy (non-hydrogen) atoms. The number of nitrogens with zero attached hydrogens (tertiary/aromatic N) is 3. The van der Waals surface area contributed by atoms with Gasteiger partial charge in [0.25, 0.3) is 0 Å². The molecule has 1 aliphatic carbocycles. The van der Waals surface area contributed by atoms with E-state index < -0.39 is 0 Å². The van der Waals surface area contributed by atoms with Crippen molar-refractivity contribution in [1.82, 2.24) is 14.9 Å². The van der Waals surface area contributed by atoms with E-state index >= 15 is 0 Å². The highest BCUT2D eigenvalue weighted by molar-refractivity contribution is 5.58. The maximum absolute atomic E-state index is 4.81. The summed E-state index contributed by atoms with van der Waals surface area (Å²) < 4.78 is 0. The first-order chi connectivity index (χ1) is 10.2. The van der Waals surface area contributed by atoms with Gasteiger partial charge in [0.2, 0.25) is 0 Å². The molecule has 5 heteroatoms. The quantitative estimate of drug-likeness (QED) is 0.843. The SMILES string of the molecule is CCCNc1nc(C2CC2)nc(NC2CCN(C)C2)c1C. The smallest absolute Gasteiger partial charge is 0.136 e. The van der Waals surface area contributed by atoms with Crippen molar-refractivity contribution >= 4 is 11.6 Å². The minimum Gasteiger partial charge on any atom is -0.370 e. The van der Waals surface area contributed by atoms with E-state index in [-0.39, 0.29) is 0 Å². The molecule has 2 heterocycles. The molecule has 1 aromatic rings. The Kier molecular flexibility index (Phi) is 4.29. The summed E-state index contributed by atoms with van der Waals surface area (Å²) in [7, 11) is 2.18. The van der Waals surface area contributed by atoms with Gasteiger partial charge in [-0.1, -0.05) is 6.92 Å². The Morgan fingerprint density at radius 3 is 2.57 bits per heavy atom. The molecule has 0 spiro atoms. The summed E-state index contributed by atoms with van der Waals surface area (Å²) in [5.41, 5.74) is 1.16. The highest BCUT2D eigenvalue weighted by Crippen LogP contribution is 2.39. The molecule has 1 unspecified atom stereocenters. The zero-order chi connectivity index (χ0) is 14.8. The molecule has 2 fully saturated rings.